The fourth-order valence-electron chi connectivity index (χ4n) is 2.80. The van der Waals surface area contributed by atoms with E-state index in [0.717, 1.165) is 12.1 Å². The molecular weight excluding hydrogens is 320 g/mol. The molecule has 1 aromatic rings. The minimum Gasteiger partial charge on any atom is -0.506 e. The first-order chi connectivity index (χ1) is 11.3. The van der Waals surface area contributed by atoms with Gasteiger partial charge < -0.3 is 20.3 Å². The minimum atomic E-state index is -0.839. The highest BCUT2D eigenvalue weighted by Crippen LogP contribution is 2.37. The number of carbonyl (C=O) groups excluding carboxylic acids is 2. The van der Waals surface area contributed by atoms with Crippen molar-refractivity contribution >= 4 is 23.3 Å². The van der Waals surface area contributed by atoms with Gasteiger partial charge in [-0.1, -0.05) is 0 Å². The van der Waals surface area contributed by atoms with Crippen LogP contribution in [0.15, 0.2) is 12.1 Å². The Balaban J connectivity index is 2.02. The van der Waals surface area contributed by atoms with Crippen molar-refractivity contribution in [3.8, 4) is 11.5 Å². The fourth-order valence-corrected chi connectivity index (χ4v) is 2.80. The fraction of sp³-hybridized carbons (Fsp3) is 0.467. The normalized spacial score (nSPS) is 20.2. The number of methoxy groups -OCH3 is 1. The molecule has 0 aromatic heterocycles. The molecule has 1 saturated carbocycles. The van der Waals surface area contributed by atoms with E-state index in [-0.39, 0.29) is 29.4 Å². The van der Waals surface area contributed by atoms with Gasteiger partial charge in [-0.2, -0.15) is 0 Å². The number of rotatable bonds is 4. The van der Waals surface area contributed by atoms with Gasteiger partial charge in [0.2, 0.25) is 5.91 Å². The van der Waals surface area contributed by atoms with Crippen LogP contribution in [0.25, 0.3) is 0 Å². The van der Waals surface area contributed by atoms with Crippen LogP contribution in [-0.2, 0) is 14.3 Å². The number of hydrogen-bond acceptors (Lipinski definition) is 7. The second kappa shape index (κ2) is 7.16. The molecule has 3 N–H and O–H groups in total. The van der Waals surface area contributed by atoms with E-state index in [1.165, 1.54) is 7.11 Å². The summed E-state index contributed by atoms with van der Waals surface area (Å²) in [5.41, 5.74) is -0.748. The molecule has 0 spiro atoms. The van der Waals surface area contributed by atoms with E-state index in [4.69, 9.17) is 0 Å². The summed E-state index contributed by atoms with van der Waals surface area (Å²) in [4.78, 5) is 33.5. The van der Waals surface area contributed by atoms with Crippen molar-refractivity contribution in [2.75, 3.05) is 12.4 Å². The number of nitrogens with one attached hydrogen (secondary N) is 1. The van der Waals surface area contributed by atoms with Crippen LogP contribution in [0.3, 0.4) is 0 Å². The summed E-state index contributed by atoms with van der Waals surface area (Å²) in [5.74, 6) is -2.37. The molecular formula is C15H18N2O7. The van der Waals surface area contributed by atoms with Crippen LogP contribution in [0, 0.1) is 22.0 Å². The third-order valence-corrected chi connectivity index (χ3v) is 4.18. The first-order valence-corrected chi connectivity index (χ1v) is 7.42. The number of hydrogen-bond donors (Lipinski definition) is 3. The predicted molar refractivity (Wildman–Crippen MR) is 82.5 cm³/mol. The Labute approximate surface area is 137 Å². The highest BCUT2D eigenvalue weighted by atomic mass is 16.6. The number of phenolic OH excluding ortho intramolecular Hbond substituents is 2. The smallest absolute Gasteiger partial charge is 0.314 e. The zero-order valence-electron chi connectivity index (χ0n) is 13.0. The minimum absolute atomic E-state index is 0.0989. The van der Waals surface area contributed by atoms with Crippen molar-refractivity contribution in [1.82, 2.24) is 0 Å². The van der Waals surface area contributed by atoms with E-state index in [1.807, 2.05) is 0 Å². The summed E-state index contributed by atoms with van der Waals surface area (Å²) in [6.07, 6.45) is 2.04. The van der Waals surface area contributed by atoms with E-state index in [1.54, 1.807) is 0 Å². The van der Waals surface area contributed by atoms with Crippen molar-refractivity contribution in [3.05, 3.63) is 22.2 Å². The molecule has 0 saturated heterocycles. The van der Waals surface area contributed by atoms with Crippen LogP contribution < -0.4 is 5.32 Å². The summed E-state index contributed by atoms with van der Waals surface area (Å²) >= 11 is 0. The summed E-state index contributed by atoms with van der Waals surface area (Å²) in [5, 5.41) is 32.5. The Hall–Kier alpha value is -2.84. The van der Waals surface area contributed by atoms with Crippen LogP contribution in [0.4, 0.5) is 11.4 Å². The van der Waals surface area contributed by atoms with E-state index >= 15 is 0 Å². The van der Waals surface area contributed by atoms with Gasteiger partial charge in [0.1, 0.15) is 5.75 Å². The lowest BCUT2D eigenvalue weighted by atomic mass is 9.81. The predicted octanol–water partition coefficient (Wildman–Crippen LogP) is 1.92. The molecule has 1 aliphatic carbocycles. The Morgan fingerprint density at radius 2 is 1.75 bits per heavy atom. The molecule has 9 nitrogen and oxygen atoms in total. The number of anilines is 1. The van der Waals surface area contributed by atoms with Gasteiger partial charge >= 0.3 is 11.7 Å². The lowest BCUT2D eigenvalue weighted by Gasteiger charge is -2.26. The molecule has 0 radical (unpaired) electrons. The van der Waals surface area contributed by atoms with Crippen molar-refractivity contribution in [1.29, 1.82) is 0 Å². The number of carbonyl (C=O) groups is 2. The quantitative estimate of drug-likeness (QED) is 0.250. The molecule has 1 aliphatic rings. The van der Waals surface area contributed by atoms with Crippen LogP contribution in [0.2, 0.25) is 0 Å². The van der Waals surface area contributed by atoms with Crippen molar-refractivity contribution in [2.45, 2.75) is 25.7 Å². The molecule has 2 rings (SSSR count). The number of amides is 1. The van der Waals surface area contributed by atoms with Gasteiger partial charge in [-0.05, 0) is 25.7 Å². The average molecular weight is 338 g/mol. The van der Waals surface area contributed by atoms with Crippen molar-refractivity contribution < 1.29 is 29.5 Å². The van der Waals surface area contributed by atoms with Gasteiger partial charge in [0.25, 0.3) is 0 Å². The summed E-state index contributed by atoms with van der Waals surface area (Å²) in [7, 11) is 1.32. The van der Waals surface area contributed by atoms with Crippen LogP contribution in [0.1, 0.15) is 25.7 Å². The maximum atomic E-state index is 12.2. The molecule has 0 unspecified atom stereocenters. The van der Waals surface area contributed by atoms with Gasteiger partial charge in [-0.25, -0.2) is 0 Å². The molecule has 1 amide bonds. The third-order valence-electron chi connectivity index (χ3n) is 4.18. The molecule has 0 atom stereocenters. The summed E-state index contributed by atoms with van der Waals surface area (Å²) < 4.78 is 4.69. The summed E-state index contributed by atoms with van der Waals surface area (Å²) in [6, 6.07) is 1.71. The number of nitro groups is 1. The number of phenols is 2. The first-order valence-electron chi connectivity index (χ1n) is 7.42. The zero-order valence-corrected chi connectivity index (χ0v) is 13.0. The molecule has 9 heteroatoms. The van der Waals surface area contributed by atoms with E-state index in [9.17, 15) is 29.9 Å². The van der Waals surface area contributed by atoms with Gasteiger partial charge in [-0.3, -0.25) is 19.7 Å². The summed E-state index contributed by atoms with van der Waals surface area (Å²) in [6.45, 7) is 0. The van der Waals surface area contributed by atoms with Crippen molar-refractivity contribution in [2.24, 2.45) is 11.8 Å². The average Bonchev–Trinajstić information content (AvgIpc) is 2.56. The Morgan fingerprint density at radius 3 is 2.29 bits per heavy atom. The Kier molecular flexibility index (Phi) is 5.22. The van der Waals surface area contributed by atoms with Crippen LogP contribution in [-0.4, -0.2) is 34.1 Å². The van der Waals surface area contributed by atoms with E-state index in [0.29, 0.717) is 25.7 Å². The Morgan fingerprint density at radius 1 is 1.17 bits per heavy atom. The molecule has 24 heavy (non-hydrogen) atoms. The third kappa shape index (κ3) is 3.73. The number of nitrogens with zero attached hydrogens (tertiary/aromatic N) is 1. The molecule has 1 aromatic carbocycles. The monoisotopic (exact) mass is 338 g/mol. The highest BCUT2D eigenvalue weighted by Gasteiger charge is 2.31. The number of benzene rings is 1. The largest absolute Gasteiger partial charge is 0.506 e. The number of aromatic hydroxyl groups is 2. The van der Waals surface area contributed by atoms with Crippen molar-refractivity contribution in [3.63, 3.8) is 0 Å². The molecule has 0 heterocycles. The number of ether oxygens (including phenoxy) is 1. The second-order valence-electron chi connectivity index (χ2n) is 5.68. The lowest BCUT2D eigenvalue weighted by molar-refractivity contribution is -0.385. The zero-order chi connectivity index (χ0) is 17.9. The topological polar surface area (TPSA) is 139 Å². The maximum Gasteiger partial charge on any atom is 0.314 e. The SMILES string of the molecule is COC(=O)C1CCC(C(=O)Nc2cc(O)c([N+](=O)[O-])cc2O)CC1. The molecule has 1 fully saturated rings. The molecule has 0 aliphatic heterocycles. The van der Waals surface area contributed by atoms with E-state index < -0.39 is 22.1 Å². The van der Waals surface area contributed by atoms with Crippen LogP contribution in [0.5, 0.6) is 11.5 Å². The Bertz CT molecular complexity index is 666. The van der Waals surface area contributed by atoms with Crippen LogP contribution >= 0.6 is 0 Å². The number of esters is 1. The second-order valence-corrected chi connectivity index (χ2v) is 5.68. The molecule has 130 valence electrons. The van der Waals surface area contributed by atoms with Gasteiger partial charge in [-0.15, -0.1) is 0 Å². The maximum absolute atomic E-state index is 12.2. The first kappa shape index (κ1) is 17.5. The highest BCUT2D eigenvalue weighted by molar-refractivity contribution is 5.94. The lowest BCUT2D eigenvalue weighted by Crippen LogP contribution is -2.30. The molecule has 0 bridgehead atoms. The van der Waals surface area contributed by atoms with Gasteiger partial charge in [0.15, 0.2) is 5.75 Å². The van der Waals surface area contributed by atoms with Gasteiger partial charge in [0, 0.05) is 12.0 Å². The standard InChI is InChI=1S/C15H18N2O7/c1-24-15(21)9-4-2-8(3-5-9)14(20)16-10-6-13(19)11(17(22)23)7-12(10)18/h6-9,18-19H,2-5H2,1H3,(H,16,20). The van der Waals surface area contributed by atoms with Gasteiger partial charge in [0.05, 0.1) is 29.7 Å². The number of nitro benzene ring substituents is 1. The van der Waals surface area contributed by atoms with E-state index in [2.05, 4.69) is 10.1 Å².